The van der Waals surface area contributed by atoms with E-state index in [9.17, 15) is 5.11 Å². The predicted molar refractivity (Wildman–Crippen MR) is 77.5 cm³/mol. The molecule has 1 atom stereocenters. The fourth-order valence-electron chi connectivity index (χ4n) is 2.54. The first-order valence-corrected chi connectivity index (χ1v) is 7.35. The highest BCUT2D eigenvalue weighted by Gasteiger charge is 2.16. The van der Waals surface area contributed by atoms with Crippen LogP contribution in [-0.4, -0.2) is 77.2 Å². The van der Waals surface area contributed by atoms with Crippen LogP contribution >= 0.6 is 0 Å². The molecule has 1 unspecified atom stereocenters. The van der Waals surface area contributed by atoms with Gasteiger partial charge >= 0.3 is 0 Å². The van der Waals surface area contributed by atoms with Gasteiger partial charge < -0.3 is 9.84 Å². The van der Waals surface area contributed by atoms with Crippen molar-refractivity contribution in [2.45, 2.75) is 26.1 Å². The molecule has 0 amide bonds. The van der Waals surface area contributed by atoms with E-state index in [0.29, 0.717) is 6.54 Å². The maximum absolute atomic E-state index is 10.2. The van der Waals surface area contributed by atoms with Crippen LogP contribution in [0.4, 0.5) is 0 Å². The first kappa shape index (κ1) is 15.4. The molecule has 2 rings (SSSR count). The number of aryl methyl sites for hydroxylation is 1. The second kappa shape index (κ2) is 7.73. The summed E-state index contributed by atoms with van der Waals surface area (Å²) in [5, 5.41) is 14.4. The molecule has 20 heavy (non-hydrogen) atoms. The summed E-state index contributed by atoms with van der Waals surface area (Å²) in [6.07, 6.45) is 3.64. The van der Waals surface area contributed by atoms with Gasteiger partial charge in [-0.05, 0) is 14.0 Å². The molecule has 0 saturated carbocycles. The smallest absolute Gasteiger partial charge is 0.0793 e. The fourth-order valence-corrected chi connectivity index (χ4v) is 2.54. The number of hydrogen-bond donors (Lipinski definition) is 1. The van der Waals surface area contributed by atoms with Crippen LogP contribution < -0.4 is 0 Å². The summed E-state index contributed by atoms with van der Waals surface area (Å²) in [7, 11) is 2.03. The molecule has 1 saturated heterocycles. The Morgan fingerprint density at radius 1 is 1.45 bits per heavy atom. The molecule has 0 aromatic carbocycles. The van der Waals surface area contributed by atoms with Crippen LogP contribution in [0, 0.1) is 0 Å². The number of morpholine rings is 1. The Labute approximate surface area is 120 Å². The van der Waals surface area contributed by atoms with Crippen LogP contribution in [-0.2, 0) is 17.8 Å². The molecule has 0 aliphatic carbocycles. The van der Waals surface area contributed by atoms with E-state index >= 15 is 0 Å². The average molecular weight is 282 g/mol. The van der Waals surface area contributed by atoms with E-state index in [1.165, 1.54) is 5.56 Å². The minimum Gasteiger partial charge on any atom is -0.390 e. The molecule has 1 aromatic rings. The zero-order valence-corrected chi connectivity index (χ0v) is 12.5. The van der Waals surface area contributed by atoms with E-state index in [1.54, 1.807) is 0 Å². The summed E-state index contributed by atoms with van der Waals surface area (Å²) < 4.78 is 7.24. The molecule has 0 radical (unpaired) electrons. The molecule has 1 aromatic heterocycles. The van der Waals surface area contributed by atoms with E-state index in [0.717, 1.165) is 45.9 Å². The first-order valence-electron chi connectivity index (χ1n) is 7.35. The van der Waals surface area contributed by atoms with Crippen molar-refractivity contribution >= 4 is 0 Å². The van der Waals surface area contributed by atoms with Gasteiger partial charge in [-0.3, -0.25) is 14.5 Å². The lowest BCUT2D eigenvalue weighted by atomic mass is 10.2. The van der Waals surface area contributed by atoms with Gasteiger partial charge in [0.15, 0.2) is 0 Å². The van der Waals surface area contributed by atoms with Crippen molar-refractivity contribution in [2.24, 2.45) is 0 Å². The van der Waals surface area contributed by atoms with Gasteiger partial charge in [0.1, 0.15) is 0 Å². The lowest BCUT2D eigenvalue weighted by Crippen LogP contribution is -2.43. The average Bonchev–Trinajstić information content (AvgIpc) is 2.87. The van der Waals surface area contributed by atoms with Crippen LogP contribution in [0.2, 0.25) is 0 Å². The third kappa shape index (κ3) is 4.86. The SMILES string of the molecule is CCn1cc(CN(C)CC(O)CN2CCOCC2)cn1. The van der Waals surface area contributed by atoms with Crippen molar-refractivity contribution in [1.29, 1.82) is 0 Å². The molecule has 0 bridgehead atoms. The van der Waals surface area contributed by atoms with Gasteiger partial charge in [-0.15, -0.1) is 0 Å². The van der Waals surface area contributed by atoms with E-state index < -0.39 is 0 Å². The summed E-state index contributed by atoms with van der Waals surface area (Å²) in [6, 6.07) is 0. The Hall–Kier alpha value is -0.950. The van der Waals surface area contributed by atoms with E-state index in [4.69, 9.17) is 4.74 Å². The van der Waals surface area contributed by atoms with Crippen molar-refractivity contribution in [3.05, 3.63) is 18.0 Å². The highest BCUT2D eigenvalue weighted by molar-refractivity contribution is 5.03. The topological polar surface area (TPSA) is 53.8 Å². The van der Waals surface area contributed by atoms with Crippen molar-refractivity contribution in [2.75, 3.05) is 46.4 Å². The number of β-amino-alcohol motifs (C(OH)–C–C–N with tert-alkyl or cyclic N) is 1. The van der Waals surface area contributed by atoms with Gasteiger partial charge in [-0.2, -0.15) is 5.10 Å². The minimum atomic E-state index is -0.320. The predicted octanol–water partition coefficient (Wildman–Crippen LogP) is 0.0279. The van der Waals surface area contributed by atoms with Crippen molar-refractivity contribution in [1.82, 2.24) is 19.6 Å². The first-order chi connectivity index (χ1) is 9.67. The number of nitrogens with zero attached hydrogens (tertiary/aromatic N) is 4. The van der Waals surface area contributed by atoms with Crippen molar-refractivity contribution in [3.63, 3.8) is 0 Å². The highest BCUT2D eigenvalue weighted by Crippen LogP contribution is 2.04. The number of aliphatic hydroxyl groups is 1. The summed E-state index contributed by atoms with van der Waals surface area (Å²) in [5.41, 5.74) is 1.19. The van der Waals surface area contributed by atoms with Gasteiger partial charge in [-0.25, -0.2) is 0 Å². The number of hydrogen-bond acceptors (Lipinski definition) is 5. The maximum Gasteiger partial charge on any atom is 0.0793 e. The third-order valence-electron chi connectivity index (χ3n) is 3.56. The molecule has 6 nitrogen and oxygen atoms in total. The second-order valence-electron chi connectivity index (χ2n) is 5.47. The zero-order valence-electron chi connectivity index (χ0n) is 12.5. The molecule has 2 heterocycles. The quantitative estimate of drug-likeness (QED) is 0.764. The molecule has 114 valence electrons. The Balaban J connectivity index is 1.71. The van der Waals surface area contributed by atoms with Gasteiger partial charge in [0.05, 0.1) is 25.5 Å². The number of likely N-dealkylation sites (N-methyl/N-ethyl adjacent to an activating group) is 1. The molecule has 1 fully saturated rings. The van der Waals surface area contributed by atoms with E-state index in [-0.39, 0.29) is 6.10 Å². The molecule has 0 spiro atoms. The molecular weight excluding hydrogens is 256 g/mol. The normalized spacial score (nSPS) is 18.6. The lowest BCUT2D eigenvalue weighted by molar-refractivity contribution is 0.00825. The number of aromatic nitrogens is 2. The number of rotatable bonds is 7. The largest absolute Gasteiger partial charge is 0.390 e. The minimum absolute atomic E-state index is 0.320. The number of ether oxygens (including phenoxy) is 1. The van der Waals surface area contributed by atoms with E-state index in [2.05, 4.69) is 28.0 Å². The fraction of sp³-hybridized carbons (Fsp3) is 0.786. The van der Waals surface area contributed by atoms with Crippen molar-refractivity contribution in [3.8, 4) is 0 Å². The van der Waals surface area contributed by atoms with Crippen molar-refractivity contribution < 1.29 is 9.84 Å². The third-order valence-corrected chi connectivity index (χ3v) is 3.56. The van der Waals surface area contributed by atoms with Gasteiger partial charge in [0.25, 0.3) is 0 Å². The van der Waals surface area contributed by atoms with Gasteiger partial charge in [-0.1, -0.05) is 0 Å². The maximum atomic E-state index is 10.2. The van der Waals surface area contributed by atoms with Gasteiger partial charge in [0, 0.05) is 51.0 Å². The number of aliphatic hydroxyl groups excluding tert-OH is 1. The Bertz CT molecular complexity index is 390. The summed E-state index contributed by atoms with van der Waals surface area (Å²) >= 11 is 0. The zero-order chi connectivity index (χ0) is 14.4. The Morgan fingerprint density at radius 3 is 2.85 bits per heavy atom. The molecule has 1 aliphatic heterocycles. The highest BCUT2D eigenvalue weighted by atomic mass is 16.5. The van der Waals surface area contributed by atoms with Gasteiger partial charge in [0.2, 0.25) is 0 Å². The molecule has 6 heteroatoms. The Morgan fingerprint density at radius 2 is 2.20 bits per heavy atom. The molecular formula is C14H26N4O2. The Kier molecular flexibility index (Phi) is 5.97. The molecule has 1 N–H and O–H groups in total. The van der Waals surface area contributed by atoms with Crippen LogP contribution in [0.3, 0.4) is 0 Å². The molecule has 1 aliphatic rings. The van der Waals surface area contributed by atoms with Crippen LogP contribution in [0.25, 0.3) is 0 Å². The second-order valence-corrected chi connectivity index (χ2v) is 5.47. The van der Waals surface area contributed by atoms with Crippen LogP contribution in [0.1, 0.15) is 12.5 Å². The summed E-state index contributed by atoms with van der Waals surface area (Å²) in [6.45, 7) is 8.58. The standard InChI is InChI=1S/C14H26N4O2/c1-3-18-10-13(8-15-18)9-16(2)11-14(19)12-17-4-6-20-7-5-17/h8,10,14,19H,3-7,9,11-12H2,1-2H3. The monoisotopic (exact) mass is 282 g/mol. The van der Waals surface area contributed by atoms with Crippen LogP contribution in [0.5, 0.6) is 0 Å². The summed E-state index contributed by atoms with van der Waals surface area (Å²) in [4.78, 5) is 4.40. The summed E-state index contributed by atoms with van der Waals surface area (Å²) in [5.74, 6) is 0. The van der Waals surface area contributed by atoms with Crippen LogP contribution in [0.15, 0.2) is 12.4 Å². The van der Waals surface area contributed by atoms with E-state index in [1.807, 2.05) is 17.9 Å². The lowest BCUT2D eigenvalue weighted by Gasteiger charge is -2.30.